The summed E-state index contributed by atoms with van der Waals surface area (Å²) in [5.74, 6) is -0.0325. The fraction of sp³-hybridized carbons (Fsp3) is 0.390. The number of carbonyl (C=O) groups is 9. The summed E-state index contributed by atoms with van der Waals surface area (Å²) in [4.78, 5) is 146. The van der Waals surface area contributed by atoms with Crippen LogP contribution in [0.15, 0.2) is 89.3 Å². The third-order valence-corrected chi connectivity index (χ3v) is 16.5. The van der Waals surface area contributed by atoms with E-state index in [1.54, 1.807) is 60.7 Å². The third-order valence-electron chi connectivity index (χ3n) is 15.5. The van der Waals surface area contributed by atoms with Crippen LogP contribution in [0, 0.1) is 11.8 Å². The molecule has 0 aliphatic carbocycles. The van der Waals surface area contributed by atoms with Gasteiger partial charge in [0.2, 0.25) is 29.5 Å². The smallest absolute Gasteiger partial charge is 0.399 e. The molecule has 4 aliphatic heterocycles. The number of amides is 7. The number of halogens is 2. The number of benzene rings is 4. The van der Waals surface area contributed by atoms with Crippen molar-refractivity contribution in [2.75, 3.05) is 4.90 Å². The van der Waals surface area contributed by atoms with Gasteiger partial charge in [-0.2, -0.15) is 8.78 Å². The number of primary amides is 1. The molecule has 1 unspecified atom stereocenters. The molecule has 0 bridgehead atoms. The third kappa shape index (κ3) is 12.8. The number of nitrogens with zero attached hydrogens (tertiary/aromatic N) is 3. The first kappa shape index (κ1) is 58.4. The van der Waals surface area contributed by atoms with Gasteiger partial charge in [0.25, 0.3) is 11.8 Å². The van der Waals surface area contributed by atoms with E-state index in [1.165, 1.54) is 9.80 Å². The van der Waals surface area contributed by atoms with Crippen LogP contribution in [0.3, 0.4) is 0 Å². The number of hydrogen-bond donors (Lipinski definition) is 6. The van der Waals surface area contributed by atoms with E-state index in [0.29, 0.717) is 46.8 Å². The number of rotatable bonds is 23. The minimum absolute atomic E-state index is 0.0277. The molecule has 9 rings (SSSR count). The fourth-order valence-corrected chi connectivity index (χ4v) is 11.6. The fourth-order valence-electron chi connectivity index (χ4n) is 11.1. The summed E-state index contributed by atoms with van der Waals surface area (Å²) >= 11 is 0. The van der Waals surface area contributed by atoms with Gasteiger partial charge < -0.3 is 35.5 Å². The van der Waals surface area contributed by atoms with Gasteiger partial charge in [-0.15, -0.1) is 0 Å². The minimum Gasteiger partial charge on any atom is -0.432 e. The lowest BCUT2D eigenvalue weighted by Crippen LogP contribution is -2.56. The molecule has 82 heavy (non-hydrogen) atoms. The highest BCUT2D eigenvalue weighted by atomic mass is 31.2. The number of piperidine rings is 1. The first-order chi connectivity index (χ1) is 39.2. The molecule has 7 N–H and O–H groups in total. The minimum atomic E-state index is -5.93. The second-order valence-electron chi connectivity index (χ2n) is 21.0. The van der Waals surface area contributed by atoms with Crippen LogP contribution in [0.5, 0.6) is 0 Å². The number of Topliss-reactive ketones (excluding diaryl/α,β-unsaturated/α-hetero) is 2. The molecule has 20 nitrogen and oxygen atoms in total. The Labute approximate surface area is 469 Å². The summed E-state index contributed by atoms with van der Waals surface area (Å²) in [6, 6.07) is 17.3. The molecular weight excluding hydrogens is 1080 g/mol. The van der Waals surface area contributed by atoms with Gasteiger partial charge in [-0.05, 0) is 91.1 Å². The summed E-state index contributed by atoms with van der Waals surface area (Å²) in [7, 11) is -5.93. The van der Waals surface area contributed by atoms with Gasteiger partial charge in [0, 0.05) is 67.7 Å². The molecule has 0 radical (unpaired) electrons. The molecule has 23 heteroatoms. The first-order valence-electron chi connectivity index (χ1n) is 27.2. The number of imide groups is 1. The molecule has 5 heterocycles. The van der Waals surface area contributed by atoms with Crippen LogP contribution < -0.4 is 26.6 Å². The molecule has 0 spiro atoms. The number of hydrogen-bond acceptors (Lipinski definition) is 12. The van der Waals surface area contributed by atoms with Crippen LogP contribution in [0.1, 0.15) is 150 Å². The van der Waals surface area contributed by atoms with Crippen LogP contribution in [0.25, 0.3) is 11.1 Å². The number of aryl methyl sites for hydroxylation is 1. The Bertz CT molecular complexity index is 3500. The Morgan fingerprint density at radius 1 is 0.866 bits per heavy atom. The van der Waals surface area contributed by atoms with Crippen molar-refractivity contribution >= 4 is 77.3 Å². The molecule has 4 aromatic carbocycles. The lowest BCUT2D eigenvalue weighted by atomic mass is 9.85. The molecular formula is C59H60F2N7O13P. The van der Waals surface area contributed by atoms with Gasteiger partial charge in [0.1, 0.15) is 29.4 Å². The van der Waals surface area contributed by atoms with Crippen molar-refractivity contribution in [1.29, 1.82) is 0 Å². The zero-order valence-electron chi connectivity index (χ0n) is 44.5. The number of aromatic nitrogens is 1. The highest BCUT2D eigenvalue weighted by Gasteiger charge is 2.51. The second-order valence-corrected chi connectivity index (χ2v) is 22.7. The highest BCUT2D eigenvalue weighted by molar-refractivity contribution is 7.52. The number of nitrogens with two attached hydrogens (primary N) is 1. The standard InChI is InChI=1S/C59H60F2N7O13P/c60-59(61,82(78,79)80)38-23-27-49-44(31-38)65-56(81-49)55(75)64-43-24-22-36-18-12-19-37-30-46(68(52(36)37)58(43)77)54(74)63-42(25-28-50(62)71)48(70)32-40(34-14-9-7-10-15-34)47(69)21-11-6-4-2-1-3-5-8-16-35-17-13-20-39-41(35)33-67(57(39)76)45-26-29-51(72)66-53(45)73/h7,9-10,12-15,17-20,23,27,31,40,42-43,45-46H,1-6,11,21-22,24-26,28-30,32-33H2,(H2,62,71)(H,63,74)(H,64,75)(H,66,72,73)(H2,78,79,80)/t40-,42-,43-,45?,46-/m0/s1. The molecule has 4 aliphatic rings. The number of fused-ring (bicyclic) bond motifs is 2. The van der Waals surface area contributed by atoms with E-state index in [0.717, 1.165) is 55.4 Å². The number of nitrogens with one attached hydrogen (secondary N) is 3. The van der Waals surface area contributed by atoms with E-state index < -0.39 is 90.1 Å². The SMILES string of the molecule is NC(=O)CC[C@H](NC(=O)[C@@H]1Cc2cccc3c2N1C(=O)[C@@H](NC(=O)c1nc2cc(C(F)(F)P(=O)(O)O)ccc2o1)CC3)C(=O)C[C@H](C(=O)CCCCCCCCC#Cc1cccc2c1CN(C1CCC(=O)NC1=O)C2=O)c1ccccc1. The predicted octanol–water partition coefficient (Wildman–Crippen LogP) is 6.05. The first-order valence-corrected chi connectivity index (χ1v) is 28.8. The largest absolute Gasteiger partial charge is 0.432 e. The molecule has 5 aromatic rings. The van der Waals surface area contributed by atoms with Crippen molar-refractivity contribution in [1.82, 2.24) is 25.8 Å². The number of unbranched alkanes of at least 4 members (excludes halogenated alkanes) is 6. The molecule has 1 fully saturated rings. The van der Waals surface area contributed by atoms with Crippen LogP contribution in [0.4, 0.5) is 14.5 Å². The van der Waals surface area contributed by atoms with Gasteiger partial charge >= 0.3 is 19.2 Å². The lowest BCUT2D eigenvalue weighted by Gasteiger charge is -2.29. The lowest BCUT2D eigenvalue weighted by molar-refractivity contribution is -0.137. The average Bonchev–Trinajstić information content (AvgIpc) is 4.37. The van der Waals surface area contributed by atoms with Crippen molar-refractivity contribution in [2.45, 2.75) is 145 Å². The maximum atomic E-state index is 14.6. The van der Waals surface area contributed by atoms with Crippen LogP contribution in [-0.2, 0) is 63.2 Å². The quantitative estimate of drug-likeness (QED) is 0.0188. The zero-order chi connectivity index (χ0) is 58.5. The number of carbonyl (C=O) groups excluding carboxylic acids is 9. The van der Waals surface area contributed by atoms with Crippen molar-refractivity contribution < 1.29 is 70.7 Å². The molecule has 5 atom stereocenters. The molecule has 1 aromatic heterocycles. The van der Waals surface area contributed by atoms with Crippen LogP contribution >= 0.6 is 7.60 Å². The van der Waals surface area contributed by atoms with Crippen molar-refractivity contribution in [2.24, 2.45) is 5.73 Å². The maximum Gasteiger partial charge on any atom is 0.399 e. The van der Waals surface area contributed by atoms with E-state index in [-0.39, 0.29) is 93.0 Å². The number of para-hydroxylation sites is 1. The summed E-state index contributed by atoms with van der Waals surface area (Å²) in [6.45, 7) is 0.244. The second kappa shape index (κ2) is 24.9. The molecule has 7 amide bonds. The van der Waals surface area contributed by atoms with Gasteiger partial charge in [0.15, 0.2) is 11.4 Å². The Morgan fingerprint density at radius 2 is 1.60 bits per heavy atom. The van der Waals surface area contributed by atoms with Crippen molar-refractivity contribution in [3.05, 3.63) is 130 Å². The van der Waals surface area contributed by atoms with E-state index in [2.05, 4.69) is 32.8 Å². The maximum absolute atomic E-state index is 14.6. The number of alkyl halides is 2. The van der Waals surface area contributed by atoms with Gasteiger partial charge in [0.05, 0.1) is 11.7 Å². The molecule has 1 saturated heterocycles. The summed E-state index contributed by atoms with van der Waals surface area (Å²) in [6.07, 6.45) is 5.66. The summed E-state index contributed by atoms with van der Waals surface area (Å²) in [5.41, 5.74) is 3.86. The highest BCUT2D eigenvalue weighted by Crippen LogP contribution is 2.59. The van der Waals surface area contributed by atoms with E-state index in [9.17, 15) is 66.3 Å². The number of anilines is 1. The van der Waals surface area contributed by atoms with Gasteiger partial charge in [-0.3, -0.25) is 57.9 Å². The number of ketones is 2. The zero-order valence-corrected chi connectivity index (χ0v) is 45.4. The van der Waals surface area contributed by atoms with E-state index in [1.807, 2.05) is 6.07 Å². The van der Waals surface area contributed by atoms with Crippen molar-refractivity contribution in [3.63, 3.8) is 0 Å². The van der Waals surface area contributed by atoms with E-state index >= 15 is 0 Å². The monoisotopic (exact) mass is 1140 g/mol. The van der Waals surface area contributed by atoms with Crippen molar-refractivity contribution in [3.8, 4) is 11.8 Å². The Balaban J connectivity index is 0.792. The Morgan fingerprint density at radius 3 is 2.34 bits per heavy atom. The Kier molecular flexibility index (Phi) is 17.7. The average molecular weight is 1140 g/mol. The van der Waals surface area contributed by atoms with Gasteiger partial charge in [-0.1, -0.05) is 92.1 Å². The summed E-state index contributed by atoms with van der Waals surface area (Å²) in [5, 5.41) is 7.67. The Hall–Kier alpha value is -8.25. The predicted molar refractivity (Wildman–Crippen MR) is 291 cm³/mol. The molecule has 428 valence electrons. The van der Waals surface area contributed by atoms with Crippen LogP contribution in [-0.4, -0.2) is 96.8 Å². The van der Waals surface area contributed by atoms with E-state index in [4.69, 9.17) is 10.2 Å². The van der Waals surface area contributed by atoms with Crippen LogP contribution in [0.2, 0.25) is 0 Å². The summed E-state index contributed by atoms with van der Waals surface area (Å²) < 4.78 is 46.0. The number of oxazole rings is 1. The molecule has 0 saturated carbocycles. The topological polar surface area (TPSA) is 306 Å². The van der Waals surface area contributed by atoms with Gasteiger partial charge in [-0.25, -0.2) is 4.98 Å². The normalized spacial score (nSPS) is 18.4.